The van der Waals surface area contributed by atoms with Crippen LogP contribution >= 0.6 is 0 Å². The van der Waals surface area contributed by atoms with Gasteiger partial charge in [0, 0.05) is 25.0 Å². The smallest absolute Gasteiger partial charge is 0.352 e. The Morgan fingerprint density at radius 1 is 1.20 bits per heavy atom. The van der Waals surface area contributed by atoms with Gasteiger partial charge in [0.15, 0.2) is 0 Å². The number of aromatic nitrogens is 4. The van der Waals surface area contributed by atoms with Crippen molar-refractivity contribution in [1.82, 2.24) is 19.2 Å². The van der Waals surface area contributed by atoms with Gasteiger partial charge in [-0.05, 0) is 56.0 Å². The summed E-state index contributed by atoms with van der Waals surface area (Å²) in [5, 5.41) is 7.02. The molecule has 1 amide bonds. The molecule has 0 aliphatic carbocycles. The highest BCUT2D eigenvalue weighted by atomic mass is 16.5. The first kappa shape index (κ1) is 19.9. The molecule has 0 radical (unpaired) electrons. The van der Waals surface area contributed by atoms with Crippen LogP contribution in [0.15, 0.2) is 41.3 Å². The number of rotatable bonds is 6. The summed E-state index contributed by atoms with van der Waals surface area (Å²) in [5.74, 6) is 2.23. The molecule has 0 bridgehead atoms. The Hall–Kier alpha value is -3.36. The zero-order valence-electron chi connectivity index (χ0n) is 17.2. The van der Waals surface area contributed by atoms with E-state index in [9.17, 15) is 9.59 Å². The van der Waals surface area contributed by atoms with Gasteiger partial charge in [-0.15, -0.1) is 5.10 Å². The normalized spacial score (nSPS) is 14.8. The molecule has 0 atom stereocenters. The molecule has 158 valence electrons. The van der Waals surface area contributed by atoms with Gasteiger partial charge in [-0.3, -0.25) is 4.79 Å². The monoisotopic (exact) mass is 410 g/mol. The molecule has 3 heterocycles. The van der Waals surface area contributed by atoms with E-state index in [2.05, 4.69) is 27.2 Å². The molecular weight excluding hydrogens is 384 g/mol. The van der Waals surface area contributed by atoms with E-state index in [1.165, 1.54) is 4.40 Å². The SMILES string of the molecule is CCOc1ccc(NC(=O)Cn2nc3nc(N4CCC(C)CC4)ccn3c2=O)cc1. The fourth-order valence-electron chi connectivity index (χ4n) is 3.55. The van der Waals surface area contributed by atoms with E-state index in [1.54, 1.807) is 30.5 Å². The largest absolute Gasteiger partial charge is 0.494 e. The Morgan fingerprint density at radius 2 is 1.93 bits per heavy atom. The highest BCUT2D eigenvalue weighted by Crippen LogP contribution is 2.21. The summed E-state index contributed by atoms with van der Waals surface area (Å²) >= 11 is 0. The number of piperidine rings is 1. The van der Waals surface area contributed by atoms with Crippen molar-refractivity contribution in [2.75, 3.05) is 29.9 Å². The molecule has 4 rings (SSSR count). The molecule has 9 nitrogen and oxygen atoms in total. The lowest BCUT2D eigenvalue weighted by Gasteiger charge is -2.30. The van der Waals surface area contributed by atoms with E-state index in [-0.39, 0.29) is 12.5 Å². The maximum Gasteiger partial charge on any atom is 0.352 e. The van der Waals surface area contributed by atoms with Crippen LogP contribution in [-0.2, 0) is 11.3 Å². The maximum absolute atomic E-state index is 12.6. The first-order chi connectivity index (χ1) is 14.5. The van der Waals surface area contributed by atoms with Crippen LogP contribution in [0.25, 0.3) is 5.78 Å². The second-order valence-electron chi connectivity index (χ2n) is 7.57. The molecular formula is C21H26N6O3. The third-order valence-corrected chi connectivity index (χ3v) is 5.29. The minimum Gasteiger partial charge on any atom is -0.494 e. The Labute approximate surface area is 174 Å². The second kappa shape index (κ2) is 8.56. The zero-order chi connectivity index (χ0) is 21.1. The number of carbonyl (C=O) groups is 1. The van der Waals surface area contributed by atoms with Gasteiger partial charge in [0.25, 0.3) is 5.78 Å². The van der Waals surface area contributed by atoms with Crippen molar-refractivity contribution in [3.63, 3.8) is 0 Å². The Kier molecular flexibility index (Phi) is 5.69. The van der Waals surface area contributed by atoms with Gasteiger partial charge in [-0.25, -0.2) is 13.9 Å². The van der Waals surface area contributed by atoms with Crippen LogP contribution in [0, 0.1) is 5.92 Å². The first-order valence-corrected chi connectivity index (χ1v) is 10.3. The Balaban J connectivity index is 1.46. The van der Waals surface area contributed by atoms with Crippen LogP contribution < -0.4 is 20.6 Å². The molecule has 30 heavy (non-hydrogen) atoms. The third kappa shape index (κ3) is 4.29. The zero-order valence-corrected chi connectivity index (χ0v) is 17.2. The highest BCUT2D eigenvalue weighted by Gasteiger charge is 2.19. The molecule has 3 aromatic rings. The average Bonchev–Trinajstić information content (AvgIpc) is 3.05. The van der Waals surface area contributed by atoms with E-state index < -0.39 is 5.69 Å². The fraction of sp³-hybridized carbons (Fsp3) is 0.429. The van der Waals surface area contributed by atoms with E-state index in [0.29, 0.717) is 18.1 Å². The number of fused-ring (bicyclic) bond motifs is 1. The Bertz CT molecular complexity index is 1080. The van der Waals surface area contributed by atoms with Gasteiger partial charge in [0.05, 0.1) is 6.61 Å². The van der Waals surface area contributed by atoms with E-state index in [0.717, 1.165) is 48.1 Å². The summed E-state index contributed by atoms with van der Waals surface area (Å²) in [6, 6.07) is 8.90. The lowest BCUT2D eigenvalue weighted by atomic mass is 9.99. The number of hydrogen-bond acceptors (Lipinski definition) is 6. The number of ether oxygens (including phenoxy) is 1. The molecule has 0 unspecified atom stereocenters. The van der Waals surface area contributed by atoms with Gasteiger partial charge in [0.2, 0.25) is 5.91 Å². The molecule has 1 aliphatic rings. The van der Waals surface area contributed by atoms with Gasteiger partial charge in [0.1, 0.15) is 18.1 Å². The molecule has 1 fully saturated rings. The number of amides is 1. The average molecular weight is 410 g/mol. The van der Waals surface area contributed by atoms with E-state index in [4.69, 9.17) is 4.74 Å². The van der Waals surface area contributed by atoms with Crippen LogP contribution in [0.1, 0.15) is 26.7 Å². The second-order valence-corrected chi connectivity index (χ2v) is 7.57. The lowest BCUT2D eigenvalue weighted by molar-refractivity contribution is -0.117. The summed E-state index contributed by atoms with van der Waals surface area (Å²) in [6.07, 6.45) is 3.92. The number of benzene rings is 1. The minimum atomic E-state index is -0.391. The molecule has 0 spiro atoms. The summed E-state index contributed by atoms with van der Waals surface area (Å²) in [7, 11) is 0. The lowest BCUT2D eigenvalue weighted by Crippen LogP contribution is -2.33. The number of carbonyl (C=O) groups excluding carboxylic acids is 1. The standard InChI is InChI=1S/C21H26N6O3/c1-3-30-17-6-4-16(5-7-17)22-19(28)14-27-21(29)26-13-10-18(23-20(26)24-27)25-11-8-15(2)9-12-25/h4-7,10,13,15H,3,8-9,11-12,14H2,1-2H3,(H,22,28). The van der Waals surface area contributed by atoms with Gasteiger partial charge < -0.3 is 15.0 Å². The fourth-order valence-corrected chi connectivity index (χ4v) is 3.55. The topological polar surface area (TPSA) is 93.8 Å². The van der Waals surface area contributed by atoms with Crippen LogP contribution in [0.2, 0.25) is 0 Å². The Morgan fingerprint density at radius 3 is 2.63 bits per heavy atom. The highest BCUT2D eigenvalue weighted by molar-refractivity contribution is 5.90. The van der Waals surface area contributed by atoms with Gasteiger partial charge in [-0.2, -0.15) is 4.98 Å². The van der Waals surface area contributed by atoms with Crippen molar-refractivity contribution in [3.05, 3.63) is 47.0 Å². The number of anilines is 2. The van der Waals surface area contributed by atoms with Crippen molar-refractivity contribution in [2.45, 2.75) is 33.2 Å². The summed E-state index contributed by atoms with van der Waals surface area (Å²) in [4.78, 5) is 31.7. The van der Waals surface area contributed by atoms with Crippen molar-refractivity contribution in [2.24, 2.45) is 5.92 Å². The molecule has 1 saturated heterocycles. The first-order valence-electron chi connectivity index (χ1n) is 10.3. The minimum absolute atomic E-state index is 0.189. The predicted octanol–water partition coefficient (Wildman–Crippen LogP) is 2.16. The summed E-state index contributed by atoms with van der Waals surface area (Å²) < 4.78 is 7.88. The van der Waals surface area contributed by atoms with Crippen molar-refractivity contribution < 1.29 is 9.53 Å². The molecule has 1 aliphatic heterocycles. The quantitative estimate of drug-likeness (QED) is 0.669. The van der Waals surface area contributed by atoms with Gasteiger partial charge >= 0.3 is 5.69 Å². The van der Waals surface area contributed by atoms with Crippen LogP contribution in [0.5, 0.6) is 5.75 Å². The van der Waals surface area contributed by atoms with Crippen LogP contribution in [0.4, 0.5) is 11.5 Å². The third-order valence-electron chi connectivity index (χ3n) is 5.29. The van der Waals surface area contributed by atoms with Crippen molar-refractivity contribution in [3.8, 4) is 5.75 Å². The van der Waals surface area contributed by atoms with Gasteiger partial charge in [-0.1, -0.05) is 6.92 Å². The van der Waals surface area contributed by atoms with Crippen LogP contribution in [-0.4, -0.2) is 44.8 Å². The van der Waals surface area contributed by atoms with Crippen molar-refractivity contribution in [1.29, 1.82) is 0 Å². The molecule has 0 saturated carbocycles. The molecule has 2 aromatic heterocycles. The van der Waals surface area contributed by atoms with E-state index >= 15 is 0 Å². The summed E-state index contributed by atoms with van der Waals surface area (Å²) in [5.41, 5.74) is 0.234. The molecule has 9 heteroatoms. The molecule has 1 N–H and O–H groups in total. The number of nitrogens with one attached hydrogen (secondary N) is 1. The van der Waals surface area contributed by atoms with E-state index in [1.807, 2.05) is 13.0 Å². The summed E-state index contributed by atoms with van der Waals surface area (Å²) in [6.45, 7) is 6.45. The number of nitrogens with zero attached hydrogens (tertiary/aromatic N) is 5. The predicted molar refractivity (Wildman–Crippen MR) is 114 cm³/mol. The molecule has 1 aromatic carbocycles. The van der Waals surface area contributed by atoms with Crippen molar-refractivity contribution >= 4 is 23.2 Å². The number of hydrogen-bond donors (Lipinski definition) is 1. The maximum atomic E-state index is 12.6. The van der Waals surface area contributed by atoms with Crippen LogP contribution in [0.3, 0.4) is 0 Å².